The van der Waals surface area contributed by atoms with Crippen molar-refractivity contribution in [2.45, 2.75) is 26.4 Å². The summed E-state index contributed by atoms with van der Waals surface area (Å²) in [6, 6.07) is 14.3. The summed E-state index contributed by atoms with van der Waals surface area (Å²) >= 11 is 0. The van der Waals surface area contributed by atoms with Gasteiger partial charge in [0.15, 0.2) is 0 Å². The number of fused-ring (bicyclic) bond motifs is 1. The van der Waals surface area contributed by atoms with Crippen molar-refractivity contribution in [2.24, 2.45) is 0 Å². The van der Waals surface area contributed by atoms with Gasteiger partial charge in [-0.05, 0) is 56.0 Å². The maximum Gasteiger partial charge on any atom is 0.339 e. The van der Waals surface area contributed by atoms with E-state index in [-0.39, 0.29) is 11.3 Å². The van der Waals surface area contributed by atoms with Crippen LogP contribution in [0.5, 0.6) is 17.2 Å². The number of rotatable bonds is 4. The Morgan fingerprint density at radius 3 is 2.32 bits per heavy atom. The zero-order valence-corrected chi connectivity index (χ0v) is 16.7. The number of methoxy groups -OCH3 is 2. The maximum absolute atomic E-state index is 13.0. The molecule has 5 nitrogen and oxygen atoms in total. The van der Waals surface area contributed by atoms with Crippen molar-refractivity contribution < 1.29 is 24.1 Å². The van der Waals surface area contributed by atoms with Gasteiger partial charge in [0.25, 0.3) is 0 Å². The van der Waals surface area contributed by atoms with E-state index in [2.05, 4.69) is 0 Å². The summed E-state index contributed by atoms with van der Waals surface area (Å²) in [5.74, 6) is 0.636. The van der Waals surface area contributed by atoms with Crippen LogP contribution in [0.2, 0.25) is 0 Å². The molecule has 0 saturated heterocycles. The Bertz CT molecular complexity index is 1030. The lowest BCUT2D eigenvalue weighted by atomic mass is 9.92. The molecule has 0 amide bonds. The average Bonchev–Trinajstić information content (AvgIpc) is 2.66. The molecular weight excluding hydrogens is 356 g/mol. The van der Waals surface area contributed by atoms with Crippen LogP contribution in [0.1, 0.15) is 31.1 Å². The minimum absolute atomic E-state index is 0.0417. The van der Waals surface area contributed by atoms with E-state index in [1.165, 1.54) is 6.07 Å². The Hall–Kier alpha value is -3.21. The SMILES string of the molecule is COc1cccc(-c2c(C(=O)OC(C)(C)C)cc(O)c3c(OC)cccc23)c1. The monoisotopic (exact) mass is 380 g/mol. The molecule has 5 heteroatoms. The van der Waals surface area contributed by atoms with Crippen molar-refractivity contribution in [3.8, 4) is 28.4 Å². The van der Waals surface area contributed by atoms with E-state index in [0.29, 0.717) is 27.8 Å². The number of hydrogen-bond donors (Lipinski definition) is 1. The van der Waals surface area contributed by atoms with Crippen LogP contribution in [0.3, 0.4) is 0 Å². The second kappa shape index (κ2) is 7.43. The molecule has 0 unspecified atom stereocenters. The van der Waals surface area contributed by atoms with Gasteiger partial charge in [0.2, 0.25) is 0 Å². The van der Waals surface area contributed by atoms with E-state index in [0.717, 1.165) is 5.56 Å². The fourth-order valence-corrected chi connectivity index (χ4v) is 3.18. The molecule has 0 spiro atoms. The van der Waals surface area contributed by atoms with Crippen LogP contribution >= 0.6 is 0 Å². The van der Waals surface area contributed by atoms with Gasteiger partial charge in [-0.2, -0.15) is 0 Å². The molecule has 0 bridgehead atoms. The zero-order valence-electron chi connectivity index (χ0n) is 16.7. The predicted molar refractivity (Wildman–Crippen MR) is 109 cm³/mol. The number of carbonyl (C=O) groups excluding carboxylic acids is 1. The van der Waals surface area contributed by atoms with Crippen LogP contribution in [0.25, 0.3) is 21.9 Å². The summed E-state index contributed by atoms with van der Waals surface area (Å²) in [5.41, 5.74) is 1.04. The lowest BCUT2D eigenvalue weighted by molar-refractivity contribution is 0.00702. The Morgan fingerprint density at radius 1 is 0.964 bits per heavy atom. The van der Waals surface area contributed by atoms with Crippen LogP contribution in [0.15, 0.2) is 48.5 Å². The molecule has 0 heterocycles. The highest BCUT2D eigenvalue weighted by Crippen LogP contribution is 2.42. The van der Waals surface area contributed by atoms with Gasteiger partial charge in [0, 0.05) is 5.56 Å². The molecule has 3 aromatic rings. The van der Waals surface area contributed by atoms with Crippen molar-refractivity contribution in [1.82, 2.24) is 0 Å². The topological polar surface area (TPSA) is 65.0 Å². The molecule has 0 aromatic heterocycles. The van der Waals surface area contributed by atoms with E-state index in [1.807, 2.05) is 36.4 Å². The van der Waals surface area contributed by atoms with Gasteiger partial charge in [-0.25, -0.2) is 4.79 Å². The Labute approximate surface area is 164 Å². The Balaban J connectivity index is 2.37. The van der Waals surface area contributed by atoms with Crippen LogP contribution in [-0.4, -0.2) is 30.9 Å². The molecule has 3 aromatic carbocycles. The minimum atomic E-state index is -0.665. The smallest absolute Gasteiger partial charge is 0.339 e. The van der Waals surface area contributed by atoms with Crippen LogP contribution in [0.4, 0.5) is 0 Å². The third-order valence-corrected chi connectivity index (χ3v) is 4.30. The fraction of sp³-hybridized carbons (Fsp3) is 0.261. The van der Waals surface area contributed by atoms with Crippen LogP contribution in [0, 0.1) is 0 Å². The van der Waals surface area contributed by atoms with Gasteiger partial charge in [-0.3, -0.25) is 0 Å². The van der Waals surface area contributed by atoms with E-state index in [4.69, 9.17) is 14.2 Å². The number of carbonyl (C=O) groups is 1. The summed E-state index contributed by atoms with van der Waals surface area (Å²) < 4.78 is 16.4. The maximum atomic E-state index is 13.0. The van der Waals surface area contributed by atoms with Crippen LogP contribution < -0.4 is 9.47 Å². The molecule has 0 saturated carbocycles. The van der Waals surface area contributed by atoms with Gasteiger partial charge in [0.1, 0.15) is 22.8 Å². The number of esters is 1. The molecular formula is C23H24O5. The van der Waals surface area contributed by atoms with E-state index in [1.54, 1.807) is 41.1 Å². The van der Waals surface area contributed by atoms with Gasteiger partial charge >= 0.3 is 5.97 Å². The fourth-order valence-electron chi connectivity index (χ4n) is 3.18. The molecule has 1 N–H and O–H groups in total. The Morgan fingerprint density at radius 2 is 1.68 bits per heavy atom. The standard InChI is InChI=1S/C23H24O5/c1-23(2,3)28-22(25)17-13-18(24)21-16(10-7-11-19(21)27-5)20(17)14-8-6-9-15(12-14)26-4/h6-13,24H,1-5H3. The zero-order chi connectivity index (χ0) is 20.5. The lowest BCUT2D eigenvalue weighted by Gasteiger charge is -2.22. The highest BCUT2D eigenvalue weighted by Gasteiger charge is 2.25. The second-order valence-corrected chi connectivity index (χ2v) is 7.43. The molecule has 0 aliphatic rings. The highest BCUT2D eigenvalue weighted by molar-refractivity contribution is 6.12. The van der Waals surface area contributed by atoms with Crippen LogP contribution in [-0.2, 0) is 4.74 Å². The number of hydrogen-bond acceptors (Lipinski definition) is 5. The quantitative estimate of drug-likeness (QED) is 0.632. The van der Waals surface area contributed by atoms with Crippen molar-refractivity contribution in [3.63, 3.8) is 0 Å². The molecule has 0 aliphatic heterocycles. The lowest BCUT2D eigenvalue weighted by Crippen LogP contribution is -2.24. The first kappa shape index (κ1) is 19.5. The molecule has 146 valence electrons. The Kier molecular flexibility index (Phi) is 5.18. The number of aromatic hydroxyl groups is 1. The summed E-state index contributed by atoms with van der Waals surface area (Å²) in [6.45, 7) is 5.42. The first-order valence-electron chi connectivity index (χ1n) is 8.95. The minimum Gasteiger partial charge on any atom is -0.507 e. The van der Waals surface area contributed by atoms with E-state index < -0.39 is 11.6 Å². The van der Waals surface area contributed by atoms with Gasteiger partial charge in [0.05, 0.1) is 25.2 Å². The van der Waals surface area contributed by atoms with Crippen molar-refractivity contribution in [2.75, 3.05) is 14.2 Å². The first-order chi connectivity index (χ1) is 13.2. The number of ether oxygens (including phenoxy) is 3. The largest absolute Gasteiger partial charge is 0.507 e. The third kappa shape index (κ3) is 3.74. The normalized spacial score (nSPS) is 11.3. The van der Waals surface area contributed by atoms with Gasteiger partial charge < -0.3 is 19.3 Å². The summed E-state index contributed by atoms with van der Waals surface area (Å²) in [4.78, 5) is 13.0. The molecule has 28 heavy (non-hydrogen) atoms. The van der Waals surface area contributed by atoms with E-state index >= 15 is 0 Å². The molecule has 0 fully saturated rings. The van der Waals surface area contributed by atoms with Gasteiger partial charge in [-0.15, -0.1) is 0 Å². The number of benzene rings is 3. The van der Waals surface area contributed by atoms with Crippen molar-refractivity contribution >= 4 is 16.7 Å². The summed E-state index contributed by atoms with van der Waals surface area (Å²) in [6.07, 6.45) is 0. The molecule has 3 rings (SSSR count). The summed E-state index contributed by atoms with van der Waals surface area (Å²) in [5, 5.41) is 11.9. The molecule has 0 atom stereocenters. The second-order valence-electron chi connectivity index (χ2n) is 7.43. The summed E-state index contributed by atoms with van der Waals surface area (Å²) in [7, 11) is 3.13. The van der Waals surface area contributed by atoms with E-state index in [9.17, 15) is 9.90 Å². The third-order valence-electron chi connectivity index (χ3n) is 4.30. The van der Waals surface area contributed by atoms with Crippen molar-refractivity contribution in [1.29, 1.82) is 0 Å². The highest BCUT2D eigenvalue weighted by atomic mass is 16.6. The van der Waals surface area contributed by atoms with Gasteiger partial charge in [-0.1, -0.05) is 24.3 Å². The first-order valence-corrected chi connectivity index (χ1v) is 8.95. The number of phenolic OH excluding ortho intramolecular Hbond substituents is 1. The number of phenols is 1. The molecule has 0 radical (unpaired) electrons. The molecule has 0 aliphatic carbocycles. The predicted octanol–water partition coefficient (Wildman–Crippen LogP) is 5.18. The van der Waals surface area contributed by atoms with Crippen molar-refractivity contribution in [3.05, 3.63) is 54.1 Å². The average molecular weight is 380 g/mol.